The summed E-state index contributed by atoms with van der Waals surface area (Å²) in [5, 5.41) is 7.52. The lowest BCUT2D eigenvalue weighted by Gasteiger charge is -2.28. The van der Waals surface area contributed by atoms with Crippen LogP contribution in [0.2, 0.25) is 0 Å². The lowest BCUT2D eigenvalue weighted by atomic mass is 9.91. The molecule has 1 saturated carbocycles. The highest BCUT2D eigenvalue weighted by Crippen LogP contribution is 2.47. The van der Waals surface area contributed by atoms with Crippen LogP contribution in [0.3, 0.4) is 0 Å². The third-order valence-electron chi connectivity index (χ3n) is 5.20. The minimum atomic E-state index is 0.0449. The van der Waals surface area contributed by atoms with Gasteiger partial charge in [-0.05, 0) is 50.2 Å². The Morgan fingerprint density at radius 3 is 2.75 bits per heavy atom. The standard InChI is InChI=1S/C18H25N3O3/c1-11-9-15(11)16-4-3-14(23-16)10-19-17(13-5-7-22-8-6-13)18-20-12(2)21-24-18/h3-4,11,13,15,17,19H,5-10H2,1-2H3/t11-,15-,17+/m0/s1. The SMILES string of the molecule is Cc1noc([C@H](NCc2ccc([C@H]3C[C@@H]3C)o2)C2CCOCC2)n1. The molecule has 0 unspecified atom stereocenters. The van der Waals surface area contributed by atoms with Gasteiger partial charge in [-0.1, -0.05) is 12.1 Å². The van der Waals surface area contributed by atoms with E-state index in [4.69, 9.17) is 13.7 Å². The van der Waals surface area contributed by atoms with E-state index in [2.05, 4.69) is 34.5 Å². The molecule has 24 heavy (non-hydrogen) atoms. The van der Waals surface area contributed by atoms with Crippen LogP contribution >= 0.6 is 0 Å². The number of nitrogens with zero attached hydrogens (tertiary/aromatic N) is 2. The second kappa shape index (κ2) is 6.69. The molecule has 6 heteroatoms. The topological polar surface area (TPSA) is 73.3 Å². The molecule has 6 nitrogen and oxygen atoms in total. The molecular formula is C18H25N3O3. The van der Waals surface area contributed by atoms with Gasteiger partial charge in [0.25, 0.3) is 0 Å². The van der Waals surface area contributed by atoms with Gasteiger partial charge in [-0.25, -0.2) is 0 Å². The van der Waals surface area contributed by atoms with Crippen LogP contribution in [0.15, 0.2) is 21.1 Å². The molecular weight excluding hydrogens is 306 g/mol. The number of hydrogen-bond donors (Lipinski definition) is 1. The highest BCUT2D eigenvalue weighted by atomic mass is 16.5. The number of hydrogen-bond acceptors (Lipinski definition) is 6. The molecule has 1 aliphatic carbocycles. The average molecular weight is 331 g/mol. The van der Waals surface area contributed by atoms with Crippen molar-refractivity contribution in [2.45, 2.75) is 51.6 Å². The third kappa shape index (κ3) is 3.39. The zero-order chi connectivity index (χ0) is 16.5. The van der Waals surface area contributed by atoms with Gasteiger partial charge in [0.05, 0.1) is 12.6 Å². The van der Waals surface area contributed by atoms with Gasteiger partial charge in [0, 0.05) is 19.1 Å². The normalized spacial score (nSPS) is 25.8. The maximum absolute atomic E-state index is 6.00. The van der Waals surface area contributed by atoms with Crippen LogP contribution in [0.5, 0.6) is 0 Å². The number of rotatable bonds is 6. The fraction of sp³-hybridized carbons (Fsp3) is 0.667. The zero-order valence-corrected chi connectivity index (χ0v) is 14.3. The maximum atomic E-state index is 6.00. The molecule has 130 valence electrons. The molecule has 3 atom stereocenters. The Kier molecular flexibility index (Phi) is 4.41. The van der Waals surface area contributed by atoms with Crippen LogP contribution in [-0.2, 0) is 11.3 Å². The summed E-state index contributed by atoms with van der Waals surface area (Å²) in [6, 6.07) is 4.24. The number of aromatic nitrogens is 2. The van der Waals surface area contributed by atoms with Gasteiger partial charge in [0.1, 0.15) is 11.5 Å². The van der Waals surface area contributed by atoms with Gasteiger partial charge in [-0.3, -0.25) is 5.32 Å². The molecule has 2 fully saturated rings. The number of nitrogens with one attached hydrogen (secondary N) is 1. The lowest BCUT2D eigenvalue weighted by molar-refractivity contribution is 0.0482. The molecule has 2 aromatic rings. The molecule has 0 bridgehead atoms. The fourth-order valence-corrected chi connectivity index (χ4v) is 3.56. The summed E-state index contributed by atoms with van der Waals surface area (Å²) < 4.78 is 16.9. The minimum absolute atomic E-state index is 0.0449. The van der Waals surface area contributed by atoms with Crippen molar-refractivity contribution >= 4 is 0 Å². The molecule has 3 heterocycles. The van der Waals surface area contributed by atoms with Crippen molar-refractivity contribution in [1.29, 1.82) is 0 Å². The predicted octanol–water partition coefficient (Wildman–Crippen LogP) is 3.35. The minimum Gasteiger partial charge on any atom is -0.464 e. The quantitative estimate of drug-likeness (QED) is 0.875. The molecule has 1 aliphatic heterocycles. The average Bonchev–Trinajstić information content (AvgIpc) is 2.99. The van der Waals surface area contributed by atoms with E-state index in [1.54, 1.807) is 0 Å². The Labute approximate surface area is 141 Å². The van der Waals surface area contributed by atoms with Crippen LogP contribution in [-0.4, -0.2) is 23.4 Å². The van der Waals surface area contributed by atoms with Crippen LogP contribution in [0.4, 0.5) is 0 Å². The third-order valence-corrected chi connectivity index (χ3v) is 5.20. The van der Waals surface area contributed by atoms with Gasteiger partial charge in [0.2, 0.25) is 5.89 Å². The Balaban J connectivity index is 1.44. The van der Waals surface area contributed by atoms with Gasteiger partial charge in [-0.2, -0.15) is 4.98 Å². The van der Waals surface area contributed by atoms with Crippen LogP contribution < -0.4 is 5.32 Å². The van der Waals surface area contributed by atoms with Crippen molar-refractivity contribution in [3.05, 3.63) is 35.4 Å². The largest absolute Gasteiger partial charge is 0.464 e. The van der Waals surface area contributed by atoms with Crippen LogP contribution in [0.1, 0.15) is 61.4 Å². The first kappa shape index (κ1) is 15.8. The van der Waals surface area contributed by atoms with Gasteiger partial charge in [0.15, 0.2) is 5.82 Å². The highest BCUT2D eigenvalue weighted by Gasteiger charge is 2.36. The Bertz CT molecular complexity index is 675. The van der Waals surface area contributed by atoms with E-state index in [9.17, 15) is 0 Å². The predicted molar refractivity (Wildman–Crippen MR) is 87.4 cm³/mol. The Morgan fingerprint density at radius 1 is 1.29 bits per heavy atom. The van der Waals surface area contributed by atoms with Crippen molar-refractivity contribution in [1.82, 2.24) is 15.5 Å². The van der Waals surface area contributed by atoms with Crippen molar-refractivity contribution in [3.8, 4) is 0 Å². The Morgan fingerprint density at radius 2 is 2.08 bits per heavy atom. The van der Waals surface area contributed by atoms with E-state index >= 15 is 0 Å². The molecule has 4 rings (SSSR count). The lowest BCUT2D eigenvalue weighted by Crippen LogP contribution is -2.32. The summed E-state index contributed by atoms with van der Waals surface area (Å²) >= 11 is 0. The monoisotopic (exact) mass is 331 g/mol. The molecule has 2 aliphatic rings. The van der Waals surface area contributed by atoms with Crippen LogP contribution in [0, 0.1) is 18.8 Å². The molecule has 0 amide bonds. The summed E-state index contributed by atoms with van der Waals surface area (Å²) in [6.07, 6.45) is 3.25. The van der Waals surface area contributed by atoms with Gasteiger partial charge in [-0.15, -0.1) is 0 Å². The molecule has 0 aromatic carbocycles. The number of ether oxygens (including phenoxy) is 1. The van der Waals surface area contributed by atoms with E-state index in [-0.39, 0.29) is 6.04 Å². The molecule has 0 radical (unpaired) electrons. The highest BCUT2D eigenvalue weighted by molar-refractivity contribution is 5.17. The van der Waals surface area contributed by atoms with E-state index in [0.717, 1.165) is 43.5 Å². The van der Waals surface area contributed by atoms with E-state index in [1.165, 1.54) is 6.42 Å². The molecule has 1 saturated heterocycles. The zero-order valence-electron chi connectivity index (χ0n) is 14.3. The van der Waals surface area contributed by atoms with E-state index in [1.807, 2.05) is 6.92 Å². The maximum Gasteiger partial charge on any atom is 0.244 e. The van der Waals surface area contributed by atoms with Crippen molar-refractivity contribution in [2.75, 3.05) is 13.2 Å². The number of aryl methyl sites for hydroxylation is 1. The first-order chi connectivity index (χ1) is 11.7. The molecule has 0 spiro atoms. The van der Waals surface area contributed by atoms with Crippen LogP contribution in [0.25, 0.3) is 0 Å². The second-order valence-electron chi connectivity index (χ2n) is 7.11. The van der Waals surface area contributed by atoms with E-state index in [0.29, 0.717) is 30.1 Å². The summed E-state index contributed by atoms with van der Waals surface area (Å²) in [7, 11) is 0. The summed E-state index contributed by atoms with van der Waals surface area (Å²) in [5.41, 5.74) is 0. The van der Waals surface area contributed by atoms with Gasteiger partial charge < -0.3 is 13.7 Å². The first-order valence-corrected chi connectivity index (χ1v) is 8.90. The first-order valence-electron chi connectivity index (χ1n) is 8.90. The molecule has 1 N–H and O–H groups in total. The van der Waals surface area contributed by atoms with Crippen molar-refractivity contribution < 1.29 is 13.7 Å². The summed E-state index contributed by atoms with van der Waals surface area (Å²) in [6.45, 7) is 6.37. The van der Waals surface area contributed by atoms with E-state index < -0.39 is 0 Å². The van der Waals surface area contributed by atoms with Gasteiger partial charge >= 0.3 is 0 Å². The fourth-order valence-electron chi connectivity index (χ4n) is 3.56. The second-order valence-corrected chi connectivity index (χ2v) is 7.11. The van der Waals surface area contributed by atoms with Crippen molar-refractivity contribution in [3.63, 3.8) is 0 Å². The van der Waals surface area contributed by atoms with Crippen molar-refractivity contribution in [2.24, 2.45) is 11.8 Å². The summed E-state index contributed by atoms with van der Waals surface area (Å²) in [5.74, 6) is 5.25. The Hall–Kier alpha value is -1.66. The smallest absolute Gasteiger partial charge is 0.244 e. The molecule has 2 aromatic heterocycles. The number of furan rings is 1. The summed E-state index contributed by atoms with van der Waals surface area (Å²) in [4.78, 5) is 4.44.